The van der Waals surface area contributed by atoms with E-state index in [-0.39, 0.29) is 0 Å². The van der Waals surface area contributed by atoms with E-state index in [0.717, 1.165) is 16.4 Å². The molecule has 0 radical (unpaired) electrons. The second kappa shape index (κ2) is 7.42. The molecule has 0 saturated carbocycles. The van der Waals surface area contributed by atoms with E-state index in [1.165, 1.54) is 36.6 Å². The van der Waals surface area contributed by atoms with Crippen LogP contribution in [0.2, 0.25) is 5.02 Å². The summed E-state index contributed by atoms with van der Waals surface area (Å²) in [6, 6.07) is 38.4. The number of nitrogens with zero attached hydrogens (tertiary/aromatic N) is 1. The van der Waals surface area contributed by atoms with Crippen LogP contribution in [0.4, 0.5) is 17.1 Å². The Balaban J connectivity index is 1.75. The Morgan fingerprint density at radius 1 is 0.548 bits per heavy atom. The third kappa shape index (κ3) is 3.07. The van der Waals surface area contributed by atoms with Gasteiger partial charge >= 0.3 is 0 Å². The molecule has 5 aromatic carbocycles. The first-order valence-corrected chi connectivity index (χ1v) is 11.4. The molecule has 0 aliphatic heterocycles. The van der Waals surface area contributed by atoms with Crippen molar-refractivity contribution in [2.75, 3.05) is 4.90 Å². The fourth-order valence-corrected chi connectivity index (χ4v) is 5.82. The highest BCUT2D eigenvalue weighted by molar-refractivity contribution is 7.26. The minimum atomic E-state index is 0.777. The third-order valence-corrected chi connectivity index (χ3v) is 7.13. The van der Waals surface area contributed by atoms with Crippen LogP contribution in [0.5, 0.6) is 0 Å². The molecule has 3 heteroatoms. The van der Waals surface area contributed by atoms with Gasteiger partial charge in [0.2, 0.25) is 0 Å². The number of benzene rings is 5. The molecule has 0 spiro atoms. The minimum absolute atomic E-state index is 0.777. The van der Waals surface area contributed by atoms with Crippen LogP contribution >= 0.6 is 22.9 Å². The first kappa shape index (κ1) is 18.4. The first-order chi connectivity index (χ1) is 15.3. The van der Waals surface area contributed by atoms with E-state index in [4.69, 9.17) is 11.6 Å². The van der Waals surface area contributed by atoms with Crippen LogP contribution in [0.3, 0.4) is 0 Å². The zero-order valence-electron chi connectivity index (χ0n) is 16.6. The number of halogens is 1. The van der Waals surface area contributed by atoms with Crippen molar-refractivity contribution >= 4 is 70.9 Å². The van der Waals surface area contributed by atoms with Crippen LogP contribution in [0.25, 0.3) is 30.9 Å². The molecule has 0 saturated heterocycles. The predicted octanol–water partition coefficient (Wildman–Crippen LogP) is 9.33. The quantitative estimate of drug-likeness (QED) is 0.267. The lowest BCUT2D eigenvalue weighted by Gasteiger charge is -2.27. The topological polar surface area (TPSA) is 3.24 Å². The Labute approximate surface area is 189 Å². The van der Waals surface area contributed by atoms with Crippen molar-refractivity contribution in [1.82, 2.24) is 0 Å². The molecule has 0 aliphatic carbocycles. The third-order valence-electron chi connectivity index (χ3n) is 5.69. The molecule has 1 aromatic heterocycles. The Morgan fingerprint density at radius 3 is 1.84 bits per heavy atom. The summed E-state index contributed by atoms with van der Waals surface area (Å²) < 4.78 is 2.52. The van der Waals surface area contributed by atoms with Gasteiger partial charge in [-0.3, -0.25) is 0 Å². The van der Waals surface area contributed by atoms with Crippen molar-refractivity contribution in [3.63, 3.8) is 0 Å². The maximum Gasteiger partial charge on any atom is 0.0547 e. The molecule has 0 aliphatic rings. The van der Waals surface area contributed by atoms with Crippen LogP contribution in [0.1, 0.15) is 0 Å². The highest BCUT2D eigenvalue weighted by atomic mass is 35.5. The number of anilines is 3. The van der Waals surface area contributed by atoms with Gasteiger partial charge in [0.1, 0.15) is 0 Å². The Kier molecular flexibility index (Phi) is 4.41. The van der Waals surface area contributed by atoms with E-state index in [0.29, 0.717) is 0 Å². The van der Waals surface area contributed by atoms with Crippen LogP contribution in [-0.2, 0) is 0 Å². The normalized spacial score (nSPS) is 11.4. The molecular formula is C28H18ClNS. The molecule has 6 rings (SSSR count). The molecule has 0 amide bonds. The summed E-state index contributed by atoms with van der Waals surface area (Å²) in [5.41, 5.74) is 3.46. The number of rotatable bonds is 3. The Hall–Kier alpha value is -3.33. The van der Waals surface area contributed by atoms with Gasteiger partial charge in [0.25, 0.3) is 0 Å². The highest BCUT2D eigenvalue weighted by Gasteiger charge is 2.18. The SMILES string of the molecule is Clc1ccc2c(c1)sc1c3ccccc3c(N(c3ccccc3)c3ccccc3)cc21. The first-order valence-electron chi connectivity index (χ1n) is 10.2. The molecule has 0 atom stereocenters. The van der Waals surface area contributed by atoms with Gasteiger partial charge in [0.15, 0.2) is 0 Å². The van der Waals surface area contributed by atoms with Crippen LogP contribution in [0.15, 0.2) is 109 Å². The second-order valence-electron chi connectivity index (χ2n) is 7.57. The van der Waals surface area contributed by atoms with Gasteiger partial charge in [-0.15, -0.1) is 11.3 Å². The van der Waals surface area contributed by atoms with E-state index in [9.17, 15) is 0 Å². The Morgan fingerprint density at radius 2 is 1.16 bits per heavy atom. The van der Waals surface area contributed by atoms with Crippen molar-refractivity contribution in [2.24, 2.45) is 0 Å². The van der Waals surface area contributed by atoms with Gasteiger partial charge < -0.3 is 4.90 Å². The standard InChI is InChI=1S/C28H18ClNS/c29-19-15-16-23-25-18-26(22-13-7-8-14-24(22)28(25)31-27(23)17-19)30(20-9-3-1-4-10-20)21-11-5-2-6-12-21/h1-18H. The molecule has 0 fully saturated rings. The van der Waals surface area contributed by atoms with Crippen molar-refractivity contribution in [2.45, 2.75) is 0 Å². The monoisotopic (exact) mass is 435 g/mol. The van der Waals surface area contributed by atoms with E-state index in [2.05, 4.69) is 108 Å². The van der Waals surface area contributed by atoms with Crippen molar-refractivity contribution < 1.29 is 0 Å². The zero-order chi connectivity index (χ0) is 20.8. The summed E-state index contributed by atoms with van der Waals surface area (Å²) in [6.07, 6.45) is 0. The molecule has 0 unspecified atom stereocenters. The molecule has 0 bridgehead atoms. The van der Waals surface area contributed by atoms with Gasteiger partial charge in [0.05, 0.1) is 5.69 Å². The molecule has 1 nitrogen and oxygen atoms in total. The zero-order valence-corrected chi connectivity index (χ0v) is 18.2. The number of hydrogen-bond donors (Lipinski definition) is 0. The summed E-state index contributed by atoms with van der Waals surface area (Å²) in [6.45, 7) is 0. The smallest absolute Gasteiger partial charge is 0.0547 e. The van der Waals surface area contributed by atoms with Gasteiger partial charge in [0, 0.05) is 47.3 Å². The number of hydrogen-bond acceptors (Lipinski definition) is 2. The second-order valence-corrected chi connectivity index (χ2v) is 9.06. The lowest BCUT2D eigenvalue weighted by Crippen LogP contribution is -2.10. The van der Waals surface area contributed by atoms with Gasteiger partial charge in [-0.1, -0.05) is 78.3 Å². The van der Waals surface area contributed by atoms with E-state index in [1.54, 1.807) is 0 Å². The average Bonchev–Trinajstić information content (AvgIpc) is 3.18. The van der Waals surface area contributed by atoms with Gasteiger partial charge in [-0.25, -0.2) is 0 Å². The van der Waals surface area contributed by atoms with Gasteiger partial charge in [-0.05, 0) is 42.5 Å². The lowest BCUT2D eigenvalue weighted by molar-refractivity contribution is 1.30. The van der Waals surface area contributed by atoms with Crippen molar-refractivity contribution in [3.05, 3.63) is 114 Å². The molecule has 31 heavy (non-hydrogen) atoms. The molecule has 0 N–H and O–H groups in total. The van der Waals surface area contributed by atoms with E-state index < -0.39 is 0 Å². The largest absolute Gasteiger partial charge is 0.310 e. The molecular weight excluding hydrogens is 418 g/mol. The maximum absolute atomic E-state index is 6.30. The fourth-order valence-electron chi connectivity index (χ4n) is 4.32. The lowest BCUT2D eigenvalue weighted by atomic mass is 10.0. The maximum atomic E-state index is 6.30. The summed E-state index contributed by atoms with van der Waals surface area (Å²) in [7, 11) is 0. The highest BCUT2D eigenvalue weighted by Crippen LogP contribution is 2.46. The minimum Gasteiger partial charge on any atom is -0.310 e. The molecule has 148 valence electrons. The Bertz CT molecular complexity index is 1500. The molecule has 1 heterocycles. The summed E-state index contributed by atoms with van der Waals surface area (Å²) in [5.74, 6) is 0. The van der Waals surface area contributed by atoms with Gasteiger partial charge in [-0.2, -0.15) is 0 Å². The van der Waals surface area contributed by atoms with Crippen LogP contribution in [-0.4, -0.2) is 0 Å². The van der Waals surface area contributed by atoms with E-state index >= 15 is 0 Å². The number of fused-ring (bicyclic) bond motifs is 5. The molecule has 6 aromatic rings. The average molecular weight is 436 g/mol. The summed E-state index contributed by atoms with van der Waals surface area (Å²) >= 11 is 8.12. The number of para-hydroxylation sites is 2. The number of thiophene rings is 1. The fraction of sp³-hybridized carbons (Fsp3) is 0. The summed E-state index contributed by atoms with van der Waals surface area (Å²) in [4.78, 5) is 2.35. The van der Waals surface area contributed by atoms with Crippen molar-refractivity contribution in [1.29, 1.82) is 0 Å². The summed E-state index contributed by atoms with van der Waals surface area (Å²) in [5, 5.41) is 5.79. The van der Waals surface area contributed by atoms with Crippen LogP contribution in [0, 0.1) is 0 Å². The van der Waals surface area contributed by atoms with E-state index in [1.807, 2.05) is 17.4 Å². The predicted molar refractivity (Wildman–Crippen MR) is 137 cm³/mol. The van der Waals surface area contributed by atoms with Crippen molar-refractivity contribution in [3.8, 4) is 0 Å². The van der Waals surface area contributed by atoms with Crippen LogP contribution < -0.4 is 4.90 Å².